The van der Waals surface area contributed by atoms with Crippen LogP contribution in [-0.4, -0.2) is 25.7 Å². The smallest absolute Gasteiger partial charge is 0.0226 e. The summed E-state index contributed by atoms with van der Waals surface area (Å²) < 4.78 is 0. The second kappa shape index (κ2) is 4.47. The molecule has 2 nitrogen and oxygen atoms in total. The highest BCUT2D eigenvalue weighted by atomic mass is 15.2. The first-order chi connectivity index (χ1) is 4.93. The highest BCUT2D eigenvalue weighted by molar-refractivity contribution is 4.81. The van der Waals surface area contributed by atoms with Crippen molar-refractivity contribution in [1.29, 1.82) is 0 Å². The van der Waals surface area contributed by atoms with Gasteiger partial charge in [0.05, 0.1) is 0 Å². The van der Waals surface area contributed by atoms with Crippen LogP contribution in [0.4, 0.5) is 0 Å². The Morgan fingerprint density at radius 1 is 1.50 bits per heavy atom. The molecule has 58 valence electrons. The van der Waals surface area contributed by atoms with E-state index < -0.39 is 0 Å². The van der Waals surface area contributed by atoms with E-state index in [9.17, 15) is 0 Å². The van der Waals surface area contributed by atoms with Crippen molar-refractivity contribution in [2.45, 2.75) is 18.9 Å². The van der Waals surface area contributed by atoms with Gasteiger partial charge in [-0.25, -0.2) is 0 Å². The molecule has 2 heteroatoms. The largest absolute Gasteiger partial charge is 0.315 e. The minimum atomic E-state index is 0.611. The molecule has 0 aliphatic carbocycles. The van der Waals surface area contributed by atoms with Gasteiger partial charge in [-0.2, -0.15) is 0 Å². The van der Waals surface area contributed by atoms with Crippen LogP contribution in [0.15, 0.2) is 12.7 Å². The van der Waals surface area contributed by atoms with Gasteiger partial charge in [-0.05, 0) is 25.9 Å². The lowest BCUT2D eigenvalue weighted by Crippen LogP contribution is -2.34. The predicted molar refractivity (Wildman–Crippen MR) is 44.1 cm³/mol. The molecule has 1 saturated heterocycles. The van der Waals surface area contributed by atoms with Gasteiger partial charge in [-0.15, -0.1) is 6.58 Å². The molecule has 1 rings (SSSR count). The normalized spacial score (nSPS) is 27.4. The van der Waals surface area contributed by atoms with Crippen molar-refractivity contribution in [3.63, 3.8) is 0 Å². The lowest BCUT2D eigenvalue weighted by molar-refractivity contribution is 0.533. The van der Waals surface area contributed by atoms with Gasteiger partial charge >= 0.3 is 0 Å². The Labute approximate surface area is 62.7 Å². The molecule has 0 aromatic heterocycles. The molecule has 0 radical (unpaired) electrons. The van der Waals surface area contributed by atoms with Gasteiger partial charge < -0.3 is 10.6 Å². The Hall–Kier alpha value is -0.340. The lowest BCUT2D eigenvalue weighted by Gasteiger charge is -2.12. The molecule has 1 atom stereocenters. The quantitative estimate of drug-likeness (QED) is 0.432. The molecule has 1 aliphatic rings. The van der Waals surface area contributed by atoms with E-state index in [1.54, 1.807) is 0 Å². The fourth-order valence-electron chi connectivity index (χ4n) is 1.24. The number of rotatable bonds is 2. The summed E-state index contributed by atoms with van der Waals surface area (Å²) in [5.41, 5.74) is 0. The third kappa shape index (κ3) is 2.50. The van der Waals surface area contributed by atoms with Gasteiger partial charge in [0.2, 0.25) is 0 Å². The monoisotopic (exact) mass is 141 g/mol. The molecule has 0 bridgehead atoms. The molecule has 10 heavy (non-hydrogen) atoms. The zero-order chi connectivity index (χ0) is 7.23. The zero-order valence-electron chi connectivity index (χ0n) is 6.40. The fraction of sp³-hybridized carbons (Fsp3) is 0.750. The Balaban J connectivity index is 2.21. The van der Waals surface area contributed by atoms with E-state index in [2.05, 4.69) is 17.2 Å². The number of hydrogen-bond acceptors (Lipinski definition) is 2. The standard InChI is InChI=1S/C8H16N2/c1-2-4-8-7-9-5-3-6-10-8/h2,8-10H,1,3-7H2/i8+1. The van der Waals surface area contributed by atoms with E-state index in [4.69, 9.17) is 0 Å². The Kier molecular flexibility index (Phi) is 3.47. The van der Waals surface area contributed by atoms with E-state index in [1.807, 2.05) is 6.08 Å². The predicted octanol–water partition coefficient (Wildman–Crippen LogP) is 0.514. The van der Waals surface area contributed by atoms with Gasteiger partial charge in [0.25, 0.3) is 0 Å². The van der Waals surface area contributed by atoms with Crippen LogP contribution in [0.25, 0.3) is 0 Å². The molecular formula is C8H16N2. The molecule has 0 aromatic carbocycles. The maximum atomic E-state index is 3.72. The maximum absolute atomic E-state index is 3.72. The molecule has 1 aliphatic heterocycles. The van der Waals surface area contributed by atoms with Crippen molar-refractivity contribution in [1.82, 2.24) is 10.6 Å². The third-order valence-corrected chi connectivity index (χ3v) is 1.81. The van der Waals surface area contributed by atoms with E-state index in [1.165, 1.54) is 6.42 Å². The van der Waals surface area contributed by atoms with E-state index in [0.29, 0.717) is 6.04 Å². The van der Waals surface area contributed by atoms with Crippen molar-refractivity contribution in [3.05, 3.63) is 12.7 Å². The molecule has 1 fully saturated rings. The summed E-state index contributed by atoms with van der Waals surface area (Å²) in [5, 5.41) is 6.82. The Morgan fingerprint density at radius 2 is 2.40 bits per heavy atom. The van der Waals surface area contributed by atoms with E-state index in [-0.39, 0.29) is 0 Å². The number of nitrogens with one attached hydrogen (secondary N) is 2. The zero-order valence-corrected chi connectivity index (χ0v) is 6.40. The molecule has 0 amide bonds. The minimum Gasteiger partial charge on any atom is -0.315 e. The molecule has 0 spiro atoms. The highest BCUT2D eigenvalue weighted by Crippen LogP contribution is 1.94. The SMILES string of the molecule is C=CC[13CH]1CNCCCN1. The summed E-state index contributed by atoms with van der Waals surface area (Å²) in [4.78, 5) is 0. The van der Waals surface area contributed by atoms with E-state index in [0.717, 1.165) is 26.1 Å². The number of hydrogen-bond donors (Lipinski definition) is 2. The van der Waals surface area contributed by atoms with Crippen LogP contribution in [0, 0.1) is 0 Å². The van der Waals surface area contributed by atoms with Crippen molar-refractivity contribution >= 4 is 0 Å². The van der Waals surface area contributed by atoms with Crippen LogP contribution < -0.4 is 10.6 Å². The van der Waals surface area contributed by atoms with Gasteiger partial charge in [0, 0.05) is 12.6 Å². The third-order valence-electron chi connectivity index (χ3n) is 1.81. The van der Waals surface area contributed by atoms with Crippen LogP contribution in [-0.2, 0) is 0 Å². The van der Waals surface area contributed by atoms with Crippen molar-refractivity contribution < 1.29 is 0 Å². The maximum Gasteiger partial charge on any atom is 0.0226 e. The summed E-state index contributed by atoms with van der Waals surface area (Å²) in [6.45, 7) is 7.10. The van der Waals surface area contributed by atoms with Crippen LogP contribution >= 0.6 is 0 Å². The van der Waals surface area contributed by atoms with Crippen LogP contribution in [0.2, 0.25) is 0 Å². The van der Waals surface area contributed by atoms with Gasteiger partial charge in [0.1, 0.15) is 0 Å². The van der Waals surface area contributed by atoms with Crippen molar-refractivity contribution in [2.75, 3.05) is 19.6 Å². The summed E-state index contributed by atoms with van der Waals surface area (Å²) in [6.07, 6.45) is 4.30. The second-order valence-electron chi connectivity index (χ2n) is 2.73. The molecule has 1 heterocycles. The molecule has 0 saturated carbocycles. The van der Waals surface area contributed by atoms with Gasteiger partial charge in [0.15, 0.2) is 0 Å². The summed E-state index contributed by atoms with van der Waals surface area (Å²) >= 11 is 0. The average Bonchev–Trinajstić information content (AvgIpc) is 2.17. The minimum absolute atomic E-state index is 0.611. The average molecular weight is 141 g/mol. The Morgan fingerprint density at radius 3 is 3.20 bits per heavy atom. The molecule has 0 aromatic rings. The fourth-order valence-corrected chi connectivity index (χ4v) is 1.24. The van der Waals surface area contributed by atoms with Crippen LogP contribution in [0.3, 0.4) is 0 Å². The van der Waals surface area contributed by atoms with Crippen LogP contribution in [0.1, 0.15) is 12.8 Å². The summed E-state index contributed by atoms with van der Waals surface area (Å²) in [7, 11) is 0. The first-order valence-corrected chi connectivity index (χ1v) is 3.98. The first-order valence-electron chi connectivity index (χ1n) is 3.98. The topological polar surface area (TPSA) is 24.1 Å². The van der Waals surface area contributed by atoms with Crippen molar-refractivity contribution in [2.24, 2.45) is 0 Å². The second-order valence-corrected chi connectivity index (χ2v) is 2.73. The summed E-state index contributed by atoms with van der Waals surface area (Å²) in [6, 6.07) is 0.611. The lowest BCUT2D eigenvalue weighted by atomic mass is 10.4. The molecular weight excluding hydrogens is 125 g/mol. The van der Waals surface area contributed by atoms with Crippen molar-refractivity contribution in [3.8, 4) is 0 Å². The summed E-state index contributed by atoms with van der Waals surface area (Å²) in [5.74, 6) is 0. The van der Waals surface area contributed by atoms with Crippen LogP contribution in [0.5, 0.6) is 0 Å². The highest BCUT2D eigenvalue weighted by Gasteiger charge is 2.07. The molecule has 1 unspecified atom stereocenters. The van der Waals surface area contributed by atoms with Gasteiger partial charge in [-0.3, -0.25) is 0 Å². The Bertz CT molecular complexity index is 93.4. The van der Waals surface area contributed by atoms with E-state index >= 15 is 0 Å². The molecule has 2 N–H and O–H groups in total. The van der Waals surface area contributed by atoms with Gasteiger partial charge in [-0.1, -0.05) is 6.08 Å². The first kappa shape index (κ1) is 7.76.